The van der Waals surface area contributed by atoms with Crippen LogP contribution in [0.5, 0.6) is 11.5 Å². The van der Waals surface area contributed by atoms with Gasteiger partial charge in [-0.05, 0) is 18.9 Å². The fourth-order valence-corrected chi connectivity index (χ4v) is 2.09. The molecule has 0 spiro atoms. The molecule has 5 nitrogen and oxygen atoms in total. The number of nitrogens with two attached hydrogens (primary N) is 1. The first-order valence-electron chi connectivity index (χ1n) is 6.89. The van der Waals surface area contributed by atoms with E-state index in [9.17, 15) is 4.79 Å². The van der Waals surface area contributed by atoms with Crippen LogP contribution in [0.4, 0.5) is 5.69 Å². The van der Waals surface area contributed by atoms with Crippen LogP contribution < -0.4 is 15.2 Å². The zero-order valence-corrected chi connectivity index (χ0v) is 12.7. The monoisotopic (exact) mass is 280 g/mol. The second kappa shape index (κ2) is 7.62. The van der Waals surface area contributed by atoms with Gasteiger partial charge in [0.25, 0.3) is 5.91 Å². The lowest BCUT2D eigenvalue weighted by molar-refractivity contribution is 0.0756. The van der Waals surface area contributed by atoms with Gasteiger partial charge in [0.15, 0.2) is 0 Å². The van der Waals surface area contributed by atoms with Crippen LogP contribution in [0, 0.1) is 0 Å². The highest BCUT2D eigenvalue weighted by atomic mass is 16.5. The molecule has 1 rings (SSSR count). The van der Waals surface area contributed by atoms with Gasteiger partial charge >= 0.3 is 0 Å². The molecule has 1 aromatic rings. The summed E-state index contributed by atoms with van der Waals surface area (Å²) in [7, 11) is 3.07. The van der Waals surface area contributed by atoms with Crippen LogP contribution in [0.1, 0.15) is 37.0 Å². The lowest BCUT2D eigenvalue weighted by atomic mass is 10.1. The molecule has 1 aromatic carbocycles. The molecular weight excluding hydrogens is 256 g/mol. The summed E-state index contributed by atoms with van der Waals surface area (Å²) in [6.07, 6.45) is 1.82. The van der Waals surface area contributed by atoms with Crippen molar-refractivity contribution in [2.45, 2.75) is 26.7 Å². The van der Waals surface area contributed by atoms with Crippen molar-refractivity contribution in [1.29, 1.82) is 0 Å². The summed E-state index contributed by atoms with van der Waals surface area (Å²) < 4.78 is 10.4. The highest BCUT2D eigenvalue weighted by Gasteiger charge is 2.20. The Morgan fingerprint density at radius 2 is 1.75 bits per heavy atom. The molecule has 0 aliphatic rings. The van der Waals surface area contributed by atoms with Crippen molar-refractivity contribution in [2.24, 2.45) is 0 Å². The van der Waals surface area contributed by atoms with Crippen molar-refractivity contribution >= 4 is 11.6 Å². The highest BCUT2D eigenvalue weighted by molar-refractivity contribution is 6.01. The zero-order chi connectivity index (χ0) is 15.1. The molecule has 2 N–H and O–H groups in total. The maximum absolute atomic E-state index is 12.6. The number of amides is 1. The molecule has 20 heavy (non-hydrogen) atoms. The third kappa shape index (κ3) is 3.56. The van der Waals surface area contributed by atoms with Gasteiger partial charge in [-0.25, -0.2) is 0 Å². The average molecular weight is 280 g/mol. The zero-order valence-electron chi connectivity index (χ0n) is 12.7. The van der Waals surface area contributed by atoms with Crippen molar-refractivity contribution in [3.63, 3.8) is 0 Å². The molecule has 0 unspecified atom stereocenters. The van der Waals surface area contributed by atoms with Gasteiger partial charge in [0.05, 0.1) is 25.5 Å². The topological polar surface area (TPSA) is 64.8 Å². The summed E-state index contributed by atoms with van der Waals surface area (Å²) in [4.78, 5) is 14.4. The number of methoxy groups -OCH3 is 2. The molecule has 0 bridgehead atoms. The van der Waals surface area contributed by atoms with Gasteiger partial charge in [-0.1, -0.05) is 13.8 Å². The van der Waals surface area contributed by atoms with E-state index in [1.165, 1.54) is 7.11 Å². The van der Waals surface area contributed by atoms with Crippen LogP contribution in [-0.4, -0.2) is 38.1 Å². The Balaban J connectivity index is 3.18. The summed E-state index contributed by atoms with van der Waals surface area (Å²) in [5, 5.41) is 0. The van der Waals surface area contributed by atoms with E-state index in [1.54, 1.807) is 19.2 Å². The fourth-order valence-electron chi connectivity index (χ4n) is 2.09. The van der Waals surface area contributed by atoms with Crippen LogP contribution in [0.15, 0.2) is 12.1 Å². The number of anilines is 1. The van der Waals surface area contributed by atoms with Crippen LogP contribution in [0.2, 0.25) is 0 Å². The highest BCUT2D eigenvalue weighted by Crippen LogP contribution is 2.31. The number of rotatable bonds is 7. The molecule has 0 heterocycles. The van der Waals surface area contributed by atoms with Gasteiger partial charge in [0.2, 0.25) is 0 Å². The van der Waals surface area contributed by atoms with Crippen LogP contribution >= 0.6 is 0 Å². The smallest absolute Gasteiger partial charge is 0.256 e. The minimum atomic E-state index is -0.0802. The second-order valence-corrected chi connectivity index (χ2v) is 4.58. The largest absolute Gasteiger partial charge is 0.497 e. The standard InChI is InChI=1S/C15H24N2O3/c1-5-7-17(8-6-2)15(18)12-9-11(19-3)10-13(20-4)14(12)16/h9-10H,5-8,16H2,1-4H3. The Kier molecular flexibility index (Phi) is 6.15. The minimum absolute atomic E-state index is 0.0802. The number of hydrogen-bond donors (Lipinski definition) is 1. The minimum Gasteiger partial charge on any atom is -0.497 e. The first kappa shape index (κ1) is 16.1. The molecule has 0 saturated carbocycles. The summed E-state index contributed by atoms with van der Waals surface area (Å²) in [5.41, 5.74) is 6.81. The Bertz CT molecular complexity index is 455. The molecule has 0 radical (unpaired) electrons. The maximum Gasteiger partial charge on any atom is 0.256 e. The van der Waals surface area contributed by atoms with E-state index in [-0.39, 0.29) is 5.91 Å². The number of ether oxygens (including phenoxy) is 2. The quantitative estimate of drug-likeness (QED) is 0.780. The summed E-state index contributed by atoms with van der Waals surface area (Å²) in [5.74, 6) is 0.941. The predicted molar refractivity (Wildman–Crippen MR) is 80.4 cm³/mol. The molecule has 1 amide bonds. The normalized spacial score (nSPS) is 10.2. The molecule has 112 valence electrons. The maximum atomic E-state index is 12.6. The third-order valence-corrected chi connectivity index (χ3v) is 3.08. The lowest BCUT2D eigenvalue weighted by Crippen LogP contribution is -2.33. The summed E-state index contributed by atoms with van der Waals surface area (Å²) >= 11 is 0. The van der Waals surface area contributed by atoms with Crippen molar-refractivity contribution in [3.05, 3.63) is 17.7 Å². The number of nitrogen functional groups attached to an aromatic ring is 1. The van der Waals surface area contributed by atoms with Gasteiger partial charge in [-0.3, -0.25) is 4.79 Å². The van der Waals surface area contributed by atoms with E-state index >= 15 is 0 Å². The van der Waals surface area contributed by atoms with E-state index in [4.69, 9.17) is 15.2 Å². The van der Waals surface area contributed by atoms with Crippen LogP contribution in [0.25, 0.3) is 0 Å². The van der Waals surface area contributed by atoms with Crippen molar-refractivity contribution in [1.82, 2.24) is 4.90 Å². The first-order chi connectivity index (χ1) is 9.58. The van der Waals surface area contributed by atoms with E-state index < -0.39 is 0 Å². The Morgan fingerprint density at radius 1 is 1.15 bits per heavy atom. The Labute approximate surface area is 120 Å². The molecule has 0 aliphatic heterocycles. The fraction of sp³-hybridized carbons (Fsp3) is 0.533. The van der Waals surface area contributed by atoms with Crippen molar-refractivity contribution < 1.29 is 14.3 Å². The van der Waals surface area contributed by atoms with E-state index in [0.717, 1.165) is 12.8 Å². The van der Waals surface area contributed by atoms with Crippen molar-refractivity contribution in [2.75, 3.05) is 33.0 Å². The van der Waals surface area contributed by atoms with Crippen LogP contribution in [-0.2, 0) is 0 Å². The predicted octanol–water partition coefficient (Wildman–Crippen LogP) is 2.55. The van der Waals surface area contributed by atoms with Gasteiger partial charge in [0, 0.05) is 19.2 Å². The lowest BCUT2D eigenvalue weighted by Gasteiger charge is -2.23. The molecule has 5 heteroatoms. The van der Waals surface area contributed by atoms with Crippen molar-refractivity contribution in [3.8, 4) is 11.5 Å². The van der Waals surface area contributed by atoms with E-state index in [1.807, 2.05) is 18.7 Å². The molecular formula is C15H24N2O3. The number of carbonyl (C=O) groups is 1. The number of benzene rings is 1. The number of nitrogens with zero attached hydrogens (tertiary/aromatic N) is 1. The third-order valence-electron chi connectivity index (χ3n) is 3.08. The number of carbonyl (C=O) groups excluding carboxylic acids is 1. The molecule has 0 aliphatic carbocycles. The Morgan fingerprint density at radius 3 is 2.20 bits per heavy atom. The number of hydrogen-bond acceptors (Lipinski definition) is 4. The van der Waals surface area contributed by atoms with Crippen LogP contribution in [0.3, 0.4) is 0 Å². The Hall–Kier alpha value is -1.91. The molecule has 0 fully saturated rings. The average Bonchev–Trinajstić information content (AvgIpc) is 2.46. The van der Waals surface area contributed by atoms with Gasteiger partial charge in [-0.2, -0.15) is 0 Å². The SMILES string of the molecule is CCCN(CCC)C(=O)c1cc(OC)cc(OC)c1N. The molecule has 0 saturated heterocycles. The van der Waals surface area contributed by atoms with Gasteiger partial charge < -0.3 is 20.1 Å². The summed E-state index contributed by atoms with van der Waals surface area (Å²) in [6.45, 7) is 5.52. The summed E-state index contributed by atoms with van der Waals surface area (Å²) in [6, 6.07) is 3.34. The second-order valence-electron chi connectivity index (χ2n) is 4.58. The van der Waals surface area contributed by atoms with E-state index in [2.05, 4.69) is 0 Å². The molecule has 0 atom stereocenters. The van der Waals surface area contributed by atoms with Gasteiger partial charge in [0.1, 0.15) is 11.5 Å². The molecule has 0 aromatic heterocycles. The van der Waals surface area contributed by atoms with E-state index in [0.29, 0.717) is 35.8 Å². The van der Waals surface area contributed by atoms with Gasteiger partial charge in [-0.15, -0.1) is 0 Å². The first-order valence-corrected chi connectivity index (χ1v) is 6.89.